The van der Waals surface area contributed by atoms with Crippen molar-refractivity contribution in [1.29, 1.82) is 0 Å². The molecule has 0 unspecified atom stereocenters. The smallest absolute Gasteiger partial charge is 0.337 e. The number of carboxylic acid groups (broad SMARTS) is 1. The maximum absolute atomic E-state index is 10.5. The molecule has 4 nitrogen and oxygen atoms in total. The van der Waals surface area contributed by atoms with Gasteiger partial charge in [-0.3, -0.25) is 0 Å². The van der Waals surface area contributed by atoms with Gasteiger partial charge in [-0.05, 0) is 19.4 Å². The molecule has 0 fully saturated rings. The van der Waals surface area contributed by atoms with Crippen molar-refractivity contribution < 1.29 is 14.6 Å². The SMILES string of the molecule is CC[C@H](C)Oc1ccc(C(=O)O)cn1. The van der Waals surface area contributed by atoms with Gasteiger partial charge in [0.05, 0.1) is 11.7 Å². The van der Waals surface area contributed by atoms with Crippen LogP contribution in [0.4, 0.5) is 0 Å². The maximum atomic E-state index is 10.5. The van der Waals surface area contributed by atoms with E-state index in [0.717, 1.165) is 6.42 Å². The van der Waals surface area contributed by atoms with Crippen LogP contribution < -0.4 is 4.74 Å². The van der Waals surface area contributed by atoms with Crippen LogP contribution in [-0.4, -0.2) is 22.2 Å². The number of rotatable bonds is 4. The molecule has 1 aromatic rings. The Morgan fingerprint density at radius 2 is 2.36 bits per heavy atom. The molecule has 4 heteroatoms. The van der Waals surface area contributed by atoms with Gasteiger partial charge in [0, 0.05) is 12.3 Å². The molecule has 0 bridgehead atoms. The number of carboxylic acids is 1. The molecule has 0 spiro atoms. The molecular weight excluding hydrogens is 182 g/mol. The van der Waals surface area contributed by atoms with Crippen LogP contribution in [0.5, 0.6) is 5.88 Å². The van der Waals surface area contributed by atoms with Crippen LogP contribution in [0, 0.1) is 0 Å². The zero-order chi connectivity index (χ0) is 10.6. The average molecular weight is 195 g/mol. The molecule has 0 saturated heterocycles. The Kier molecular flexibility index (Phi) is 3.45. The van der Waals surface area contributed by atoms with Crippen molar-refractivity contribution in [3.05, 3.63) is 23.9 Å². The highest BCUT2D eigenvalue weighted by Crippen LogP contribution is 2.10. The number of nitrogens with zero attached hydrogens (tertiary/aromatic N) is 1. The van der Waals surface area contributed by atoms with Crippen molar-refractivity contribution in [2.45, 2.75) is 26.4 Å². The fourth-order valence-electron chi connectivity index (χ4n) is 0.866. The highest BCUT2D eigenvalue weighted by atomic mass is 16.5. The second-order valence-corrected chi connectivity index (χ2v) is 3.03. The van der Waals surface area contributed by atoms with E-state index in [9.17, 15) is 4.79 Å². The minimum absolute atomic E-state index is 0.0955. The number of pyridine rings is 1. The number of carbonyl (C=O) groups is 1. The summed E-state index contributed by atoms with van der Waals surface area (Å²) >= 11 is 0. The molecule has 0 aliphatic heterocycles. The first kappa shape index (κ1) is 10.5. The Morgan fingerprint density at radius 3 is 2.79 bits per heavy atom. The van der Waals surface area contributed by atoms with Gasteiger partial charge in [-0.15, -0.1) is 0 Å². The van der Waals surface area contributed by atoms with E-state index in [2.05, 4.69) is 4.98 Å². The van der Waals surface area contributed by atoms with E-state index in [1.807, 2.05) is 13.8 Å². The van der Waals surface area contributed by atoms with Crippen molar-refractivity contribution in [2.24, 2.45) is 0 Å². The molecule has 0 amide bonds. The summed E-state index contributed by atoms with van der Waals surface area (Å²) in [5.74, 6) is -0.517. The second kappa shape index (κ2) is 4.60. The van der Waals surface area contributed by atoms with Crippen LogP contribution in [0.3, 0.4) is 0 Å². The molecule has 0 aliphatic carbocycles. The molecular formula is C10H13NO3. The van der Waals surface area contributed by atoms with Crippen molar-refractivity contribution in [3.63, 3.8) is 0 Å². The summed E-state index contributed by atoms with van der Waals surface area (Å²) in [6.07, 6.45) is 2.28. The normalized spacial score (nSPS) is 12.1. The summed E-state index contributed by atoms with van der Waals surface area (Å²) in [4.78, 5) is 14.4. The second-order valence-electron chi connectivity index (χ2n) is 3.03. The van der Waals surface area contributed by atoms with Crippen molar-refractivity contribution >= 4 is 5.97 Å². The monoisotopic (exact) mass is 195 g/mol. The Bertz CT molecular complexity index is 308. The highest BCUT2D eigenvalue weighted by molar-refractivity contribution is 5.87. The molecule has 0 radical (unpaired) electrons. The Labute approximate surface area is 82.5 Å². The van der Waals surface area contributed by atoms with Gasteiger partial charge in [0.2, 0.25) is 5.88 Å². The van der Waals surface area contributed by atoms with E-state index < -0.39 is 5.97 Å². The fourth-order valence-corrected chi connectivity index (χ4v) is 0.866. The Balaban J connectivity index is 2.68. The summed E-state index contributed by atoms with van der Waals surface area (Å²) < 4.78 is 5.39. The van der Waals surface area contributed by atoms with Crippen molar-refractivity contribution in [1.82, 2.24) is 4.98 Å². The number of aromatic nitrogens is 1. The van der Waals surface area contributed by atoms with Crippen molar-refractivity contribution in [3.8, 4) is 5.88 Å². The topological polar surface area (TPSA) is 59.4 Å². The van der Waals surface area contributed by atoms with Crippen LogP contribution in [0.1, 0.15) is 30.6 Å². The first-order valence-corrected chi connectivity index (χ1v) is 4.49. The van der Waals surface area contributed by atoms with E-state index in [0.29, 0.717) is 5.88 Å². The molecule has 1 rings (SSSR count). The highest BCUT2D eigenvalue weighted by Gasteiger charge is 2.05. The lowest BCUT2D eigenvalue weighted by Gasteiger charge is -2.10. The van der Waals surface area contributed by atoms with Crippen molar-refractivity contribution in [2.75, 3.05) is 0 Å². The lowest BCUT2D eigenvalue weighted by atomic mass is 10.3. The quantitative estimate of drug-likeness (QED) is 0.797. The summed E-state index contributed by atoms with van der Waals surface area (Å²) in [5, 5.41) is 8.62. The van der Waals surface area contributed by atoms with E-state index >= 15 is 0 Å². The van der Waals surface area contributed by atoms with Crippen LogP contribution in [0.25, 0.3) is 0 Å². The minimum Gasteiger partial charge on any atom is -0.478 e. The lowest BCUT2D eigenvalue weighted by Crippen LogP contribution is -2.10. The first-order chi connectivity index (χ1) is 6.63. The summed E-state index contributed by atoms with van der Waals surface area (Å²) in [6, 6.07) is 3.04. The van der Waals surface area contributed by atoms with Crippen LogP contribution in [0.15, 0.2) is 18.3 Å². The van der Waals surface area contributed by atoms with E-state index in [-0.39, 0.29) is 11.7 Å². The lowest BCUT2D eigenvalue weighted by molar-refractivity contribution is 0.0696. The standard InChI is InChI=1S/C10H13NO3/c1-3-7(2)14-9-5-4-8(6-11-9)10(12)13/h4-7H,3H2,1-2H3,(H,12,13)/t7-/m0/s1. The van der Waals surface area contributed by atoms with E-state index in [4.69, 9.17) is 9.84 Å². The Hall–Kier alpha value is -1.58. The van der Waals surface area contributed by atoms with Crippen LogP contribution in [0.2, 0.25) is 0 Å². The van der Waals surface area contributed by atoms with Gasteiger partial charge in [0.25, 0.3) is 0 Å². The van der Waals surface area contributed by atoms with Gasteiger partial charge < -0.3 is 9.84 Å². The van der Waals surface area contributed by atoms with Gasteiger partial charge in [-0.1, -0.05) is 6.92 Å². The predicted octanol–water partition coefficient (Wildman–Crippen LogP) is 1.96. The van der Waals surface area contributed by atoms with E-state index in [1.54, 1.807) is 6.07 Å². The average Bonchev–Trinajstić information content (AvgIpc) is 2.18. The third kappa shape index (κ3) is 2.73. The number of ether oxygens (including phenoxy) is 1. The fraction of sp³-hybridized carbons (Fsp3) is 0.400. The minimum atomic E-state index is -0.979. The third-order valence-corrected chi connectivity index (χ3v) is 1.88. The molecule has 0 saturated carbocycles. The predicted molar refractivity (Wildman–Crippen MR) is 51.6 cm³/mol. The molecule has 1 atom stereocenters. The van der Waals surface area contributed by atoms with Gasteiger partial charge >= 0.3 is 5.97 Å². The molecule has 1 heterocycles. The van der Waals surface area contributed by atoms with Gasteiger partial charge in [-0.2, -0.15) is 0 Å². The molecule has 14 heavy (non-hydrogen) atoms. The molecule has 1 aromatic heterocycles. The van der Waals surface area contributed by atoms with Gasteiger partial charge in [-0.25, -0.2) is 9.78 Å². The zero-order valence-corrected chi connectivity index (χ0v) is 8.23. The van der Waals surface area contributed by atoms with Gasteiger partial charge in [0.1, 0.15) is 0 Å². The number of hydrogen-bond acceptors (Lipinski definition) is 3. The summed E-state index contributed by atoms with van der Waals surface area (Å²) in [5.41, 5.74) is 0.168. The zero-order valence-electron chi connectivity index (χ0n) is 8.23. The Morgan fingerprint density at radius 1 is 1.64 bits per heavy atom. The first-order valence-electron chi connectivity index (χ1n) is 4.49. The summed E-state index contributed by atoms with van der Waals surface area (Å²) in [7, 11) is 0. The van der Waals surface area contributed by atoms with Crippen LogP contribution >= 0.6 is 0 Å². The third-order valence-electron chi connectivity index (χ3n) is 1.88. The summed E-state index contributed by atoms with van der Waals surface area (Å²) in [6.45, 7) is 3.95. The maximum Gasteiger partial charge on any atom is 0.337 e. The molecule has 0 aliphatic rings. The number of hydrogen-bond donors (Lipinski definition) is 1. The van der Waals surface area contributed by atoms with Crippen LogP contribution in [-0.2, 0) is 0 Å². The molecule has 1 N–H and O–H groups in total. The number of aromatic carboxylic acids is 1. The van der Waals surface area contributed by atoms with Gasteiger partial charge in [0.15, 0.2) is 0 Å². The molecule has 76 valence electrons. The molecule has 0 aromatic carbocycles. The largest absolute Gasteiger partial charge is 0.478 e. The van der Waals surface area contributed by atoms with E-state index in [1.165, 1.54) is 12.3 Å².